The molecule has 20 heavy (non-hydrogen) atoms. The molecule has 2 rings (SSSR count). The van der Waals surface area contributed by atoms with Crippen molar-refractivity contribution in [3.63, 3.8) is 0 Å². The molecule has 0 bridgehead atoms. The minimum absolute atomic E-state index is 0.0275. The van der Waals surface area contributed by atoms with E-state index in [0.717, 1.165) is 17.8 Å². The average Bonchev–Trinajstić information content (AvgIpc) is 2.82. The van der Waals surface area contributed by atoms with E-state index in [-0.39, 0.29) is 29.6 Å². The van der Waals surface area contributed by atoms with Crippen molar-refractivity contribution in [3.05, 3.63) is 16.4 Å². The van der Waals surface area contributed by atoms with Gasteiger partial charge in [-0.3, -0.25) is 9.48 Å². The van der Waals surface area contributed by atoms with Crippen molar-refractivity contribution in [3.8, 4) is 0 Å². The molecule has 0 radical (unpaired) electrons. The van der Waals surface area contributed by atoms with Crippen molar-refractivity contribution >= 4 is 27.2 Å². The lowest BCUT2D eigenvalue weighted by atomic mass is 9.99. The zero-order chi connectivity index (χ0) is 14.9. The fourth-order valence-corrected chi connectivity index (χ4v) is 4.85. The summed E-state index contributed by atoms with van der Waals surface area (Å²) in [7, 11) is -1.15. The van der Waals surface area contributed by atoms with Crippen LogP contribution in [0.4, 0.5) is 0 Å². The average molecular weight is 319 g/mol. The van der Waals surface area contributed by atoms with Gasteiger partial charge >= 0.3 is 0 Å². The monoisotopic (exact) mass is 318 g/mol. The van der Waals surface area contributed by atoms with E-state index < -0.39 is 9.84 Å². The van der Waals surface area contributed by atoms with Crippen LogP contribution in [0.2, 0.25) is 5.02 Å². The number of Topliss-reactive ketones (excluding diaryl/α,β-unsaturated/α-hetero) is 1. The summed E-state index contributed by atoms with van der Waals surface area (Å²) in [4.78, 5) is 12.1. The quantitative estimate of drug-likeness (QED) is 0.826. The number of ketones is 1. The Balaban J connectivity index is 2.00. The van der Waals surface area contributed by atoms with Gasteiger partial charge in [-0.05, 0) is 18.8 Å². The number of hydrogen-bond donors (Lipinski definition) is 0. The Morgan fingerprint density at radius 3 is 2.70 bits per heavy atom. The van der Waals surface area contributed by atoms with Gasteiger partial charge in [0.15, 0.2) is 9.84 Å². The van der Waals surface area contributed by atoms with E-state index in [9.17, 15) is 13.2 Å². The summed E-state index contributed by atoms with van der Waals surface area (Å²) in [6, 6.07) is 0. The molecule has 0 aromatic carbocycles. The van der Waals surface area contributed by atoms with Crippen LogP contribution < -0.4 is 0 Å². The minimum atomic E-state index is -2.93. The molecule has 0 spiro atoms. The Hall–Kier alpha value is -0.880. The highest BCUT2D eigenvalue weighted by Gasteiger charge is 2.29. The third-order valence-electron chi connectivity index (χ3n) is 3.71. The summed E-state index contributed by atoms with van der Waals surface area (Å²) >= 11 is 6.20. The molecule has 1 aromatic heterocycles. The van der Waals surface area contributed by atoms with Crippen LogP contribution in [0.3, 0.4) is 0 Å². The van der Waals surface area contributed by atoms with Crippen LogP contribution in [0, 0.1) is 5.92 Å². The van der Waals surface area contributed by atoms with Gasteiger partial charge in [-0.2, -0.15) is 5.10 Å². The fraction of sp³-hybridized carbons (Fsp3) is 0.692. The maximum atomic E-state index is 12.1. The van der Waals surface area contributed by atoms with E-state index in [1.54, 1.807) is 11.7 Å². The normalized spacial score (nSPS) is 21.2. The van der Waals surface area contributed by atoms with Crippen molar-refractivity contribution in [2.45, 2.75) is 32.6 Å². The van der Waals surface area contributed by atoms with Gasteiger partial charge in [0.2, 0.25) is 0 Å². The topological polar surface area (TPSA) is 69.0 Å². The number of nitrogens with zero attached hydrogens (tertiary/aromatic N) is 2. The maximum absolute atomic E-state index is 12.1. The molecule has 5 nitrogen and oxygen atoms in total. The molecule has 112 valence electrons. The van der Waals surface area contributed by atoms with Gasteiger partial charge in [0, 0.05) is 19.9 Å². The second-order valence-corrected chi connectivity index (χ2v) is 7.98. The summed E-state index contributed by atoms with van der Waals surface area (Å²) in [5, 5.41) is 4.83. The third kappa shape index (κ3) is 3.41. The second-order valence-electron chi connectivity index (χ2n) is 5.37. The van der Waals surface area contributed by atoms with E-state index in [0.29, 0.717) is 17.9 Å². The van der Waals surface area contributed by atoms with E-state index in [2.05, 4.69) is 5.10 Å². The molecule has 0 N–H and O–H groups in total. The van der Waals surface area contributed by atoms with Crippen molar-refractivity contribution in [1.82, 2.24) is 9.78 Å². The van der Waals surface area contributed by atoms with Crippen LogP contribution in [0.15, 0.2) is 0 Å². The minimum Gasteiger partial charge on any atom is -0.299 e. The summed E-state index contributed by atoms with van der Waals surface area (Å²) < 4.78 is 24.4. The first-order chi connectivity index (χ1) is 9.32. The molecule has 1 aliphatic rings. The molecular weight excluding hydrogens is 300 g/mol. The molecular formula is C13H19ClN2O3S. The molecule has 1 fully saturated rings. The van der Waals surface area contributed by atoms with E-state index in [1.807, 2.05) is 6.92 Å². The molecule has 2 heterocycles. The first-order valence-corrected chi connectivity index (χ1v) is 8.94. The number of rotatable bonds is 5. The van der Waals surface area contributed by atoms with Crippen LogP contribution in [0.5, 0.6) is 0 Å². The van der Waals surface area contributed by atoms with Gasteiger partial charge in [-0.15, -0.1) is 0 Å². The molecule has 1 saturated heterocycles. The predicted octanol–water partition coefficient (Wildman–Crippen LogP) is 1.57. The summed E-state index contributed by atoms with van der Waals surface area (Å²) in [5.41, 5.74) is 1.51. The Morgan fingerprint density at radius 2 is 2.20 bits per heavy atom. The van der Waals surface area contributed by atoms with Crippen molar-refractivity contribution in [1.29, 1.82) is 0 Å². The number of halogens is 1. The van der Waals surface area contributed by atoms with Crippen LogP contribution >= 0.6 is 11.6 Å². The van der Waals surface area contributed by atoms with Crippen LogP contribution in [0.1, 0.15) is 31.2 Å². The van der Waals surface area contributed by atoms with E-state index in [4.69, 9.17) is 11.6 Å². The van der Waals surface area contributed by atoms with Crippen molar-refractivity contribution < 1.29 is 13.2 Å². The zero-order valence-corrected chi connectivity index (χ0v) is 13.3. The highest BCUT2D eigenvalue weighted by molar-refractivity contribution is 7.91. The number of hydrogen-bond acceptors (Lipinski definition) is 4. The highest BCUT2D eigenvalue weighted by Crippen LogP contribution is 2.25. The van der Waals surface area contributed by atoms with Gasteiger partial charge in [0.05, 0.1) is 27.9 Å². The lowest BCUT2D eigenvalue weighted by molar-refractivity contribution is -0.119. The first kappa shape index (κ1) is 15.5. The van der Waals surface area contributed by atoms with Gasteiger partial charge in [0.1, 0.15) is 5.78 Å². The van der Waals surface area contributed by atoms with E-state index >= 15 is 0 Å². The van der Waals surface area contributed by atoms with E-state index in [1.165, 1.54) is 0 Å². The first-order valence-electron chi connectivity index (χ1n) is 6.74. The summed E-state index contributed by atoms with van der Waals surface area (Å²) in [6.07, 6.45) is 1.84. The number of carbonyl (C=O) groups is 1. The van der Waals surface area contributed by atoms with Crippen LogP contribution in [0.25, 0.3) is 0 Å². The van der Waals surface area contributed by atoms with Crippen LogP contribution in [-0.2, 0) is 34.5 Å². The molecule has 1 aliphatic heterocycles. The summed E-state index contributed by atoms with van der Waals surface area (Å²) in [5.74, 6) is 0.333. The smallest absolute Gasteiger partial charge is 0.150 e. The van der Waals surface area contributed by atoms with Crippen molar-refractivity contribution in [2.75, 3.05) is 11.5 Å². The Labute approximate surface area is 124 Å². The predicted molar refractivity (Wildman–Crippen MR) is 77.7 cm³/mol. The zero-order valence-electron chi connectivity index (χ0n) is 11.7. The SMILES string of the molecule is CCc1nn(C)c(CC(=O)CC2CCS(=O)(=O)C2)c1Cl. The van der Waals surface area contributed by atoms with Crippen LogP contribution in [-0.4, -0.2) is 35.5 Å². The Morgan fingerprint density at radius 1 is 1.50 bits per heavy atom. The maximum Gasteiger partial charge on any atom is 0.150 e. The summed E-state index contributed by atoms with van der Waals surface area (Å²) in [6.45, 7) is 1.96. The second kappa shape index (κ2) is 5.85. The fourth-order valence-electron chi connectivity index (χ4n) is 2.63. The highest BCUT2D eigenvalue weighted by atomic mass is 35.5. The lowest BCUT2D eigenvalue weighted by Gasteiger charge is -2.07. The van der Waals surface area contributed by atoms with Gasteiger partial charge in [-0.25, -0.2) is 8.42 Å². The lowest BCUT2D eigenvalue weighted by Crippen LogP contribution is -2.14. The molecule has 0 amide bonds. The molecule has 1 atom stereocenters. The van der Waals surface area contributed by atoms with Gasteiger partial charge in [0.25, 0.3) is 0 Å². The van der Waals surface area contributed by atoms with Gasteiger partial charge in [-0.1, -0.05) is 18.5 Å². The van der Waals surface area contributed by atoms with Crippen molar-refractivity contribution in [2.24, 2.45) is 13.0 Å². The molecule has 1 unspecified atom stereocenters. The number of sulfone groups is 1. The molecule has 0 saturated carbocycles. The van der Waals surface area contributed by atoms with Gasteiger partial charge < -0.3 is 0 Å². The molecule has 1 aromatic rings. The largest absolute Gasteiger partial charge is 0.299 e. The molecule has 7 heteroatoms. The molecule has 0 aliphatic carbocycles. The number of carbonyl (C=O) groups excluding carboxylic acids is 1. The Kier molecular flexibility index (Phi) is 4.54. The number of aryl methyl sites for hydroxylation is 2. The Bertz CT molecular complexity index is 622. The third-order valence-corrected chi connectivity index (χ3v) is 5.98. The standard InChI is InChI=1S/C13H19ClN2O3S/c1-3-11-13(14)12(16(2)15-11)7-10(17)6-9-4-5-20(18,19)8-9/h9H,3-8H2,1-2H3. The number of aromatic nitrogens is 2.